The molecule has 0 radical (unpaired) electrons. The van der Waals surface area contributed by atoms with Crippen LogP contribution in [0, 0.1) is 0 Å². The number of rotatable bonds is 5. The smallest absolute Gasteiger partial charge is 0.330 e. The summed E-state index contributed by atoms with van der Waals surface area (Å²) in [6.45, 7) is 1.07. The zero-order valence-corrected chi connectivity index (χ0v) is 17.4. The van der Waals surface area contributed by atoms with E-state index in [2.05, 4.69) is 10.3 Å². The lowest BCUT2D eigenvalue weighted by atomic mass is 10.1. The predicted molar refractivity (Wildman–Crippen MR) is 115 cm³/mol. The van der Waals surface area contributed by atoms with E-state index in [1.165, 1.54) is 12.0 Å². The maximum absolute atomic E-state index is 13.1. The zero-order chi connectivity index (χ0) is 21.3. The van der Waals surface area contributed by atoms with E-state index in [-0.39, 0.29) is 18.5 Å². The third kappa shape index (κ3) is 3.66. The number of aliphatic imine (C=N–C) groups is 1. The van der Waals surface area contributed by atoms with E-state index >= 15 is 0 Å². The normalized spacial score (nSPS) is 15.2. The quantitative estimate of drug-likeness (QED) is 0.791. The van der Waals surface area contributed by atoms with Crippen LogP contribution < -0.4 is 19.7 Å². The molecule has 2 aromatic carbocycles. The summed E-state index contributed by atoms with van der Waals surface area (Å²) in [5.74, 6) is 1.34. The van der Waals surface area contributed by atoms with Crippen molar-refractivity contribution < 1.29 is 19.1 Å². The van der Waals surface area contributed by atoms with Crippen LogP contribution in [-0.4, -0.2) is 56.5 Å². The average molecular weight is 429 g/mol. The van der Waals surface area contributed by atoms with Crippen molar-refractivity contribution in [1.82, 2.24) is 4.90 Å². The number of halogens is 1. The van der Waals surface area contributed by atoms with Crippen LogP contribution in [0.4, 0.5) is 16.2 Å². The molecule has 0 saturated heterocycles. The molecule has 2 heterocycles. The standard InChI is InChI=1S/C21H21ClN4O4/c1-29-17-7-5-14(11-18(17)30-2)24-19(27)12-26-16-10-13(22)4-6-15(16)20-23-8-3-9-25(20)21(26)28/h4-7,10-11H,3,8-9,12H2,1-2H3,(H,24,27). The van der Waals surface area contributed by atoms with E-state index in [1.54, 1.807) is 42.3 Å². The Hall–Kier alpha value is -3.26. The summed E-state index contributed by atoms with van der Waals surface area (Å²) in [5.41, 5.74) is 1.90. The van der Waals surface area contributed by atoms with Gasteiger partial charge in [0.15, 0.2) is 11.5 Å². The summed E-state index contributed by atoms with van der Waals surface area (Å²) in [7, 11) is 3.06. The highest BCUT2D eigenvalue weighted by Gasteiger charge is 2.37. The largest absolute Gasteiger partial charge is 0.493 e. The van der Waals surface area contributed by atoms with Crippen molar-refractivity contribution in [3.05, 3.63) is 47.0 Å². The molecule has 9 heteroatoms. The van der Waals surface area contributed by atoms with E-state index in [0.717, 1.165) is 12.0 Å². The molecule has 0 atom stereocenters. The monoisotopic (exact) mass is 428 g/mol. The summed E-state index contributed by atoms with van der Waals surface area (Å²) in [4.78, 5) is 33.5. The maximum atomic E-state index is 13.1. The van der Waals surface area contributed by atoms with E-state index in [4.69, 9.17) is 21.1 Å². The Morgan fingerprint density at radius 1 is 1.17 bits per heavy atom. The second-order valence-corrected chi connectivity index (χ2v) is 7.30. The minimum Gasteiger partial charge on any atom is -0.493 e. The Bertz CT molecular complexity index is 1040. The van der Waals surface area contributed by atoms with Gasteiger partial charge in [0.2, 0.25) is 5.91 Å². The van der Waals surface area contributed by atoms with Crippen LogP contribution in [0.25, 0.3) is 0 Å². The molecule has 0 fully saturated rings. The first-order valence-corrected chi connectivity index (χ1v) is 9.85. The first kappa shape index (κ1) is 20.0. The molecule has 0 aliphatic carbocycles. The minimum atomic E-state index is -0.348. The van der Waals surface area contributed by atoms with Gasteiger partial charge < -0.3 is 14.8 Å². The predicted octanol–water partition coefficient (Wildman–Crippen LogP) is 3.39. The number of benzene rings is 2. The van der Waals surface area contributed by atoms with Gasteiger partial charge in [0.1, 0.15) is 12.4 Å². The van der Waals surface area contributed by atoms with Crippen molar-refractivity contribution in [2.75, 3.05) is 44.1 Å². The van der Waals surface area contributed by atoms with Gasteiger partial charge in [-0.25, -0.2) is 4.79 Å². The maximum Gasteiger partial charge on any atom is 0.330 e. The summed E-state index contributed by atoms with van der Waals surface area (Å²) in [6.07, 6.45) is 0.782. The molecular formula is C21H21ClN4O4. The molecule has 1 N–H and O–H groups in total. The van der Waals surface area contributed by atoms with Crippen molar-refractivity contribution >= 4 is 40.7 Å². The molecule has 2 aliphatic heterocycles. The lowest BCUT2D eigenvalue weighted by Crippen LogP contribution is -2.54. The third-order valence-electron chi connectivity index (χ3n) is 4.98. The van der Waals surface area contributed by atoms with Gasteiger partial charge in [-0.2, -0.15) is 0 Å². The lowest BCUT2D eigenvalue weighted by Gasteiger charge is -2.39. The number of hydrogen-bond acceptors (Lipinski definition) is 5. The fourth-order valence-electron chi connectivity index (χ4n) is 3.60. The van der Waals surface area contributed by atoms with Gasteiger partial charge >= 0.3 is 6.03 Å². The summed E-state index contributed by atoms with van der Waals surface area (Å²) in [5, 5.41) is 3.29. The molecule has 0 spiro atoms. The van der Waals surface area contributed by atoms with Gasteiger partial charge in [0, 0.05) is 35.4 Å². The minimum absolute atomic E-state index is 0.162. The lowest BCUT2D eigenvalue weighted by molar-refractivity contribution is -0.114. The number of ether oxygens (including phenoxy) is 2. The van der Waals surface area contributed by atoms with Gasteiger partial charge in [-0.1, -0.05) is 11.6 Å². The fourth-order valence-corrected chi connectivity index (χ4v) is 3.77. The molecule has 8 nitrogen and oxygen atoms in total. The Morgan fingerprint density at radius 3 is 2.73 bits per heavy atom. The van der Waals surface area contributed by atoms with Gasteiger partial charge in [-0.3, -0.25) is 19.6 Å². The molecule has 0 saturated carbocycles. The molecule has 0 bridgehead atoms. The molecule has 3 amide bonds. The van der Waals surface area contributed by atoms with Crippen LogP contribution in [0.15, 0.2) is 41.4 Å². The third-order valence-corrected chi connectivity index (χ3v) is 5.21. The van der Waals surface area contributed by atoms with Crippen molar-refractivity contribution in [3.8, 4) is 11.5 Å². The van der Waals surface area contributed by atoms with Crippen LogP contribution in [-0.2, 0) is 4.79 Å². The summed E-state index contributed by atoms with van der Waals surface area (Å²) < 4.78 is 10.5. The first-order chi connectivity index (χ1) is 14.5. The summed E-state index contributed by atoms with van der Waals surface area (Å²) >= 11 is 6.18. The number of nitrogens with one attached hydrogen (secondary N) is 1. The van der Waals surface area contributed by atoms with E-state index in [9.17, 15) is 9.59 Å². The number of amidine groups is 1. The first-order valence-electron chi connectivity index (χ1n) is 9.47. The Labute approximate surface area is 179 Å². The molecule has 2 aromatic rings. The molecule has 0 aromatic heterocycles. The molecular weight excluding hydrogens is 408 g/mol. The highest BCUT2D eigenvalue weighted by molar-refractivity contribution is 6.31. The van der Waals surface area contributed by atoms with Crippen molar-refractivity contribution in [1.29, 1.82) is 0 Å². The van der Waals surface area contributed by atoms with Crippen molar-refractivity contribution in [3.63, 3.8) is 0 Å². The number of hydrogen-bond donors (Lipinski definition) is 1. The number of anilines is 2. The van der Waals surface area contributed by atoms with E-state index < -0.39 is 0 Å². The number of nitrogens with zero attached hydrogens (tertiary/aromatic N) is 3. The molecule has 2 aliphatic rings. The Morgan fingerprint density at radius 2 is 1.97 bits per heavy atom. The SMILES string of the molecule is COc1ccc(NC(=O)CN2C(=O)N3CCCN=C3c3ccc(Cl)cc32)cc1OC. The molecule has 4 rings (SSSR count). The summed E-state index contributed by atoms with van der Waals surface area (Å²) in [6, 6.07) is 10.1. The van der Waals surface area contributed by atoms with Crippen LogP contribution in [0.3, 0.4) is 0 Å². The number of fused-ring (bicyclic) bond motifs is 3. The number of urea groups is 1. The van der Waals surface area contributed by atoms with E-state index in [0.29, 0.717) is 46.8 Å². The number of methoxy groups -OCH3 is 2. The highest BCUT2D eigenvalue weighted by Crippen LogP contribution is 2.33. The van der Waals surface area contributed by atoms with Gasteiger partial charge in [0.25, 0.3) is 0 Å². The fraction of sp³-hybridized carbons (Fsp3) is 0.286. The van der Waals surface area contributed by atoms with Crippen molar-refractivity contribution in [2.45, 2.75) is 6.42 Å². The second-order valence-electron chi connectivity index (χ2n) is 6.86. The molecule has 156 valence electrons. The average Bonchev–Trinajstić information content (AvgIpc) is 2.76. The van der Waals surface area contributed by atoms with Gasteiger partial charge in [-0.05, 0) is 36.8 Å². The van der Waals surface area contributed by atoms with Crippen LogP contribution >= 0.6 is 11.6 Å². The van der Waals surface area contributed by atoms with Crippen LogP contribution in [0.1, 0.15) is 12.0 Å². The molecule has 30 heavy (non-hydrogen) atoms. The van der Waals surface area contributed by atoms with Crippen LogP contribution in [0.2, 0.25) is 5.02 Å². The second kappa shape index (κ2) is 8.23. The van der Waals surface area contributed by atoms with Crippen LogP contribution in [0.5, 0.6) is 11.5 Å². The van der Waals surface area contributed by atoms with Gasteiger partial charge in [0.05, 0.1) is 19.9 Å². The number of carbonyl (C=O) groups excluding carboxylic acids is 2. The topological polar surface area (TPSA) is 83.5 Å². The zero-order valence-electron chi connectivity index (χ0n) is 16.6. The van der Waals surface area contributed by atoms with Gasteiger partial charge in [-0.15, -0.1) is 0 Å². The van der Waals surface area contributed by atoms with E-state index in [1.807, 2.05) is 6.07 Å². The number of amides is 3. The van der Waals surface area contributed by atoms with Crippen molar-refractivity contribution in [2.24, 2.45) is 4.99 Å². The highest BCUT2D eigenvalue weighted by atomic mass is 35.5. The Balaban J connectivity index is 1.60. The molecule has 0 unspecified atom stereocenters. The Kier molecular flexibility index (Phi) is 5.50. The number of carbonyl (C=O) groups is 2.